The van der Waals surface area contributed by atoms with Crippen molar-refractivity contribution in [3.05, 3.63) is 64.2 Å². The van der Waals surface area contributed by atoms with Crippen LogP contribution in [0, 0.1) is 6.92 Å². The number of aryl methyl sites for hydroxylation is 1. The van der Waals surface area contributed by atoms with Gasteiger partial charge in [-0.3, -0.25) is 4.72 Å². The Balaban J connectivity index is 2.18. The van der Waals surface area contributed by atoms with Gasteiger partial charge in [0.05, 0.1) is 22.9 Å². The molecular formula is C17H18ClNO4S. The molecule has 1 N–H and O–H groups in total. The van der Waals surface area contributed by atoms with Gasteiger partial charge in [-0.15, -0.1) is 0 Å². The second-order valence-electron chi connectivity index (χ2n) is 5.26. The van der Waals surface area contributed by atoms with Gasteiger partial charge in [0, 0.05) is 5.69 Å². The number of ether oxygens (including phenoxy) is 1. The highest BCUT2D eigenvalue weighted by Gasteiger charge is 2.16. The molecular weight excluding hydrogens is 350 g/mol. The molecule has 0 heterocycles. The molecule has 0 fully saturated rings. The second kappa shape index (κ2) is 7.68. The molecule has 0 spiro atoms. The topological polar surface area (TPSA) is 72.5 Å². The second-order valence-corrected chi connectivity index (χ2v) is 7.39. The smallest absolute Gasteiger partial charge is 0.339 e. The van der Waals surface area contributed by atoms with E-state index in [1.807, 2.05) is 19.1 Å². The molecule has 0 aliphatic carbocycles. The van der Waals surface area contributed by atoms with Crippen LogP contribution < -0.4 is 4.72 Å². The summed E-state index contributed by atoms with van der Waals surface area (Å²) < 4.78 is 31.9. The Morgan fingerprint density at radius 1 is 1.17 bits per heavy atom. The summed E-state index contributed by atoms with van der Waals surface area (Å²) in [6, 6.07) is 11.6. The summed E-state index contributed by atoms with van der Waals surface area (Å²) in [5.74, 6) is -0.757. The lowest BCUT2D eigenvalue weighted by molar-refractivity contribution is 0.0526. The minimum atomic E-state index is -3.61. The van der Waals surface area contributed by atoms with E-state index in [0.29, 0.717) is 5.56 Å². The number of carbonyl (C=O) groups is 1. The van der Waals surface area contributed by atoms with E-state index in [0.717, 1.165) is 5.56 Å². The Kier molecular flexibility index (Phi) is 5.85. The van der Waals surface area contributed by atoms with E-state index in [2.05, 4.69) is 4.72 Å². The van der Waals surface area contributed by atoms with Crippen LogP contribution in [0.2, 0.25) is 5.02 Å². The first-order chi connectivity index (χ1) is 11.3. The lowest BCUT2D eigenvalue weighted by atomic mass is 10.2. The zero-order valence-electron chi connectivity index (χ0n) is 13.4. The van der Waals surface area contributed by atoms with Gasteiger partial charge >= 0.3 is 5.97 Å². The van der Waals surface area contributed by atoms with Crippen LogP contribution in [-0.4, -0.2) is 21.0 Å². The molecule has 5 nitrogen and oxygen atoms in total. The van der Waals surface area contributed by atoms with Crippen molar-refractivity contribution in [1.82, 2.24) is 0 Å². The third-order valence-corrected chi connectivity index (χ3v) is 4.80. The van der Waals surface area contributed by atoms with Crippen molar-refractivity contribution in [3.8, 4) is 0 Å². The molecule has 0 aromatic heterocycles. The lowest BCUT2D eigenvalue weighted by Crippen LogP contribution is -2.15. The van der Waals surface area contributed by atoms with Crippen molar-refractivity contribution in [3.63, 3.8) is 0 Å². The summed E-state index contributed by atoms with van der Waals surface area (Å²) in [5.41, 5.74) is 2.11. The molecule has 128 valence electrons. The van der Waals surface area contributed by atoms with Crippen LogP contribution in [-0.2, 0) is 20.5 Å². The zero-order chi connectivity index (χ0) is 17.7. The van der Waals surface area contributed by atoms with Crippen LogP contribution in [0.1, 0.15) is 28.4 Å². The summed E-state index contributed by atoms with van der Waals surface area (Å²) in [4.78, 5) is 11.8. The van der Waals surface area contributed by atoms with Crippen LogP contribution in [0.5, 0.6) is 0 Å². The van der Waals surface area contributed by atoms with Crippen LogP contribution in [0.15, 0.2) is 42.5 Å². The zero-order valence-corrected chi connectivity index (χ0v) is 14.9. The van der Waals surface area contributed by atoms with E-state index in [9.17, 15) is 13.2 Å². The summed E-state index contributed by atoms with van der Waals surface area (Å²) in [6.45, 7) is 3.82. The Morgan fingerprint density at radius 2 is 1.83 bits per heavy atom. The van der Waals surface area contributed by atoms with Crippen LogP contribution >= 0.6 is 11.6 Å². The molecule has 7 heteroatoms. The number of esters is 1. The van der Waals surface area contributed by atoms with Crippen molar-refractivity contribution in [2.75, 3.05) is 11.3 Å². The molecule has 0 radical (unpaired) electrons. The van der Waals surface area contributed by atoms with Gasteiger partial charge in [0.25, 0.3) is 0 Å². The highest BCUT2D eigenvalue weighted by Crippen LogP contribution is 2.23. The SMILES string of the molecule is CCOC(=O)c1cc(NS(=O)(=O)Cc2ccc(C)cc2)ccc1Cl. The van der Waals surface area contributed by atoms with Gasteiger partial charge in [-0.25, -0.2) is 13.2 Å². The summed E-state index contributed by atoms with van der Waals surface area (Å²) in [5, 5.41) is 0.204. The normalized spacial score (nSPS) is 11.1. The predicted octanol–water partition coefficient (Wildman–Crippen LogP) is 3.77. The monoisotopic (exact) mass is 367 g/mol. The Bertz CT molecular complexity index is 832. The fourth-order valence-corrected chi connectivity index (χ4v) is 3.46. The van der Waals surface area contributed by atoms with Gasteiger partial charge in [-0.2, -0.15) is 0 Å². The van der Waals surface area contributed by atoms with Crippen LogP contribution in [0.3, 0.4) is 0 Å². The number of nitrogens with one attached hydrogen (secondary N) is 1. The lowest BCUT2D eigenvalue weighted by Gasteiger charge is -2.11. The molecule has 0 aliphatic heterocycles. The number of hydrogen-bond acceptors (Lipinski definition) is 4. The fourth-order valence-electron chi connectivity index (χ4n) is 2.07. The van der Waals surface area contributed by atoms with E-state index in [1.54, 1.807) is 19.1 Å². The van der Waals surface area contributed by atoms with E-state index in [4.69, 9.17) is 16.3 Å². The molecule has 0 saturated heterocycles. The molecule has 2 rings (SSSR count). The van der Waals surface area contributed by atoms with Gasteiger partial charge in [0.15, 0.2) is 0 Å². The van der Waals surface area contributed by atoms with Gasteiger partial charge in [-0.05, 0) is 37.6 Å². The molecule has 0 saturated carbocycles. The number of rotatable bonds is 6. The molecule has 0 amide bonds. The highest BCUT2D eigenvalue weighted by molar-refractivity contribution is 7.91. The molecule has 0 unspecified atom stereocenters. The standard InChI is InChI=1S/C17H18ClNO4S/c1-3-23-17(20)15-10-14(8-9-16(15)18)19-24(21,22)11-13-6-4-12(2)5-7-13/h4-10,19H,3,11H2,1-2H3. The van der Waals surface area contributed by atoms with E-state index < -0.39 is 16.0 Å². The van der Waals surface area contributed by atoms with E-state index in [1.165, 1.54) is 18.2 Å². The third kappa shape index (κ3) is 4.97. The quantitative estimate of drug-likeness (QED) is 0.789. The van der Waals surface area contributed by atoms with Gasteiger partial charge < -0.3 is 4.74 Å². The van der Waals surface area contributed by atoms with Gasteiger partial charge in [0.2, 0.25) is 10.0 Å². The fraction of sp³-hybridized carbons (Fsp3) is 0.235. The van der Waals surface area contributed by atoms with Crippen LogP contribution in [0.25, 0.3) is 0 Å². The van der Waals surface area contributed by atoms with Crippen molar-refractivity contribution in [2.45, 2.75) is 19.6 Å². The van der Waals surface area contributed by atoms with Crippen molar-refractivity contribution in [1.29, 1.82) is 0 Å². The number of carbonyl (C=O) groups excluding carboxylic acids is 1. The number of sulfonamides is 1. The first-order valence-electron chi connectivity index (χ1n) is 7.33. The number of benzene rings is 2. The van der Waals surface area contributed by atoms with E-state index >= 15 is 0 Å². The predicted molar refractivity (Wildman–Crippen MR) is 94.8 cm³/mol. The van der Waals surface area contributed by atoms with Gasteiger partial charge in [-0.1, -0.05) is 41.4 Å². The average molecular weight is 368 g/mol. The molecule has 24 heavy (non-hydrogen) atoms. The van der Waals surface area contributed by atoms with Gasteiger partial charge in [0.1, 0.15) is 0 Å². The minimum absolute atomic E-state index is 0.119. The Morgan fingerprint density at radius 3 is 2.46 bits per heavy atom. The maximum atomic E-state index is 12.3. The maximum absolute atomic E-state index is 12.3. The third-order valence-electron chi connectivity index (χ3n) is 3.21. The summed E-state index contributed by atoms with van der Waals surface area (Å²) in [7, 11) is -3.61. The minimum Gasteiger partial charge on any atom is -0.462 e. The molecule has 0 bridgehead atoms. The molecule has 0 aliphatic rings. The Labute approximate surface area is 146 Å². The van der Waals surface area contributed by atoms with E-state index in [-0.39, 0.29) is 28.6 Å². The highest BCUT2D eigenvalue weighted by atomic mass is 35.5. The van der Waals surface area contributed by atoms with Crippen molar-refractivity contribution in [2.24, 2.45) is 0 Å². The maximum Gasteiger partial charge on any atom is 0.339 e. The van der Waals surface area contributed by atoms with Crippen LogP contribution in [0.4, 0.5) is 5.69 Å². The number of anilines is 1. The summed E-state index contributed by atoms with van der Waals surface area (Å²) in [6.07, 6.45) is 0. The molecule has 0 atom stereocenters. The summed E-state index contributed by atoms with van der Waals surface area (Å²) >= 11 is 5.96. The Hall–Kier alpha value is -2.05. The number of halogens is 1. The van der Waals surface area contributed by atoms with Crippen molar-refractivity contribution < 1.29 is 17.9 Å². The average Bonchev–Trinajstić information content (AvgIpc) is 2.51. The molecule has 2 aromatic rings. The van der Waals surface area contributed by atoms with Crippen molar-refractivity contribution >= 4 is 33.3 Å². The number of hydrogen-bond donors (Lipinski definition) is 1. The first kappa shape index (κ1) is 18.3. The largest absolute Gasteiger partial charge is 0.462 e. The first-order valence-corrected chi connectivity index (χ1v) is 9.36. The molecule has 2 aromatic carbocycles.